The molecule has 0 saturated carbocycles. The average Bonchev–Trinajstić information content (AvgIpc) is 2.85. The summed E-state index contributed by atoms with van der Waals surface area (Å²) in [5.74, 6) is 1.31. The molecule has 3 rings (SSSR count). The smallest absolute Gasteiger partial charge is 0.180 e. The number of thioether (sulfide) groups is 1. The van der Waals surface area contributed by atoms with E-state index in [1.54, 1.807) is 18.0 Å². The summed E-state index contributed by atoms with van der Waals surface area (Å²) in [6.07, 6.45) is 3.83. The van der Waals surface area contributed by atoms with Gasteiger partial charge in [-0.3, -0.25) is 9.78 Å². The molecule has 1 aromatic carbocycles. The van der Waals surface area contributed by atoms with Crippen molar-refractivity contribution < 1.29 is 4.79 Å². The topological polar surface area (TPSA) is 30.0 Å². The Morgan fingerprint density at radius 2 is 2.22 bits per heavy atom. The molecule has 1 saturated heterocycles. The van der Waals surface area contributed by atoms with Gasteiger partial charge in [-0.1, -0.05) is 18.2 Å². The molecule has 92 valence electrons. The van der Waals surface area contributed by atoms with Gasteiger partial charge in [0.15, 0.2) is 5.78 Å². The van der Waals surface area contributed by atoms with Gasteiger partial charge in [-0.25, -0.2) is 0 Å². The molecule has 1 atom stereocenters. The van der Waals surface area contributed by atoms with Gasteiger partial charge in [0.1, 0.15) is 0 Å². The largest absolute Gasteiger partial charge is 0.293 e. The Morgan fingerprint density at radius 1 is 1.39 bits per heavy atom. The first-order chi connectivity index (χ1) is 8.69. The SMILES string of the molecule is CC1(C(=O)c2cnc3ccccc3c2)CCCS1. The molecule has 0 radical (unpaired) electrons. The molecular weight excluding hydrogens is 242 g/mol. The number of para-hydroxylation sites is 1. The number of carbonyl (C=O) groups excluding carboxylic acids is 1. The maximum atomic E-state index is 12.6. The number of benzene rings is 1. The molecule has 1 aliphatic rings. The van der Waals surface area contributed by atoms with E-state index >= 15 is 0 Å². The Balaban J connectivity index is 2.01. The van der Waals surface area contributed by atoms with Crippen LogP contribution in [0.15, 0.2) is 36.5 Å². The molecule has 3 heteroatoms. The monoisotopic (exact) mass is 257 g/mol. The van der Waals surface area contributed by atoms with Crippen LogP contribution in [0.3, 0.4) is 0 Å². The Hall–Kier alpha value is -1.35. The van der Waals surface area contributed by atoms with Crippen molar-refractivity contribution >= 4 is 28.4 Å². The lowest BCUT2D eigenvalue weighted by Gasteiger charge is -2.20. The zero-order chi connectivity index (χ0) is 12.6. The number of pyridine rings is 1. The van der Waals surface area contributed by atoms with Gasteiger partial charge in [0.05, 0.1) is 10.3 Å². The number of hydrogen-bond donors (Lipinski definition) is 0. The molecule has 0 spiro atoms. The normalized spacial score (nSPS) is 23.4. The summed E-state index contributed by atoms with van der Waals surface area (Å²) in [5, 5.41) is 1.04. The molecule has 0 aliphatic carbocycles. The molecule has 18 heavy (non-hydrogen) atoms. The average molecular weight is 257 g/mol. The second-order valence-corrected chi connectivity index (χ2v) is 6.53. The van der Waals surface area contributed by atoms with Gasteiger partial charge >= 0.3 is 0 Å². The number of nitrogens with zero attached hydrogens (tertiary/aromatic N) is 1. The highest BCUT2D eigenvalue weighted by Gasteiger charge is 2.37. The summed E-state index contributed by atoms with van der Waals surface area (Å²) in [4.78, 5) is 16.9. The van der Waals surface area contributed by atoms with Crippen LogP contribution in [0.4, 0.5) is 0 Å². The number of rotatable bonds is 2. The fourth-order valence-corrected chi connectivity index (χ4v) is 3.74. The number of hydrogen-bond acceptors (Lipinski definition) is 3. The van der Waals surface area contributed by atoms with Crippen molar-refractivity contribution in [1.82, 2.24) is 4.98 Å². The number of aromatic nitrogens is 1. The number of carbonyl (C=O) groups is 1. The summed E-state index contributed by atoms with van der Waals surface area (Å²) < 4.78 is -0.246. The van der Waals surface area contributed by atoms with Gasteiger partial charge in [0.2, 0.25) is 0 Å². The van der Waals surface area contributed by atoms with E-state index in [4.69, 9.17) is 0 Å². The molecule has 0 bridgehead atoms. The van der Waals surface area contributed by atoms with E-state index in [0.717, 1.165) is 35.1 Å². The van der Waals surface area contributed by atoms with Crippen LogP contribution in [0.5, 0.6) is 0 Å². The van der Waals surface area contributed by atoms with Crippen LogP contribution in [0, 0.1) is 0 Å². The zero-order valence-electron chi connectivity index (χ0n) is 10.3. The maximum Gasteiger partial charge on any atom is 0.180 e. The van der Waals surface area contributed by atoms with Gasteiger partial charge in [0, 0.05) is 17.1 Å². The van der Waals surface area contributed by atoms with Crippen molar-refractivity contribution in [2.24, 2.45) is 0 Å². The highest BCUT2D eigenvalue weighted by Crippen LogP contribution is 2.40. The summed E-state index contributed by atoms with van der Waals surface area (Å²) in [5.41, 5.74) is 1.68. The van der Waals surface area contributed by atoms with Crippen LogP contribution in [0.1, 0.15) is 30.1 Å². The van der Waals surface area contributed by atoms with Crippen LogP contribution >= 0.6 is 11.8 Å². The van der Waals surface area contributed by atoms with Crippen LogP contribution in [-0.4, -0.2) is 21.3 Å². The molecule has 1 aromatic heterocycles. The third kappa shape index (κ3) is 1.93. The van der Waals surface area contributed by atoms with E-state index in [1.807, 2.05) is 30.3 Å². The molecule has 2 aromatic rings. The fourth-order valence-electron chi connectivity index (χ4n) is 2.46. The zero-order valence-corrected chi connectivity index (χ0v) is 11.2. The van der Waals surface area contributed by atoms with Crippen molar-refractivity contribution in [2.45, 2.75) is 24.5 Å². The van der Waals surface area contributed by atoms with Crippen molar-refractivity contribution in [3.05, 3.63) is 42.1 Å². The standard InChI is InChI=1S/C15H15NOS/c1-15(7-4-8-18-15)14(17)12-9-11-5-2-3-6-13(11)16-10-12/h2-3,5-6,9-10H,4,7-8H2,1H3. The molecule has 0 amide bonds. The summed E-state index contributed by atoms with van der Waals surface area (Å²) in [6, 6.07) is 9.88. The molecule has 1 aliphatic heterocycles. The maximum absolute atomic E-state index is 12.6. The third-order valence-electron chi connectivity index (χ3n) is 3.55. The van der Waals surface area contributed by atoms with Crippen LogP contribution in [-0.2, 0) is 0 Å². The number of fused-ring (bicyclic) bond motifs is 1. The van der Waals surface area contributed by atoms with Crippen molar-refractivity contribution in [2.75, 3.05) is 5.75 Å². The van der Waals surface area contributed by atoms with Gasteiger partial charge in [-0.05, 0) is 37.7 Å². The van der Waals surface area contributed by atoms with Gasteiger partial charge in [0.25, 0.3) is 0 Å². The third-order valence-corrected chi connectivity index (χ3v) is 5.07. The number of ketones is 1. The van der Waals surface area contributed by atoms with E-state index in [9.17, 15) is 4.79 Å². The molecular formula is C15H15NOS. The lowest BCUT2D eigenvalue weighted by atomic mass is 9.95. The first kappa shape index (κ1) is 11.7. The minimum absolute atomic E-state index is 0.225. The Labute approximate surface area is 111 Å². The summed E-state index contributed by atoms with van der Waals surface area (Å²) >= 11 is 1.78. The van der Waals surface area contributed by atoms with E-state index in [1.165, 1.54) is 0 Å². The second kappa shape index (κ2) is 4.39. The molecule has 1 fully saturated rings. The molecule has 2 heterocycles. The first-order valence-corrected chi connectivity index (χ1v) is 7.21. The predicted octanol–water partition coefficient (Wildman–Crippen LogP) is 3.70. The molecule has 1 unspecified atom stereocenters. The summed E-state index contributed by atoms with van der Waals surface area (Å²) in [6.45, 7) is 2.06. The minimum atomic E-state index is -0.246. The van der Waals surface area contributed by atoms with Gasteiger partial charge in [-0.15, -0.1) is 11.8 Å². The van der Waals surface area contributed by atoms with Crippen LogP contribution < -0.4 is 0 Å². The second-order valence-electron chi connectivity index (χ2n) is 4.93. The van der Waals surface area contributed by atoms with Gasteiger partial charge in [-0.2, -0.15) is 0 Å². The molecule has 0 N–H and O–H groups in total. The van der Waals surface area contributed by atoms with E-state index < -0.39 is 0 Å². The van der Waals surface area contributed by atoms with Crippen molar-refractivity contribution in [1.29, 1.82) is 0 Å². The Kier molecular flexibility index (Phi) is 2.86. The highest BCUT2D eigenvalue weighted by molar-refractivity contribution is 8.01. The fraction of sp³-hybridized carbons (Fsp3) is 0.333. The lowest BCUT2D eigenvalue weighted by molar-refractivity contribution is 0.0949. The van der Waals surface area contributed by atoms with E-state index in [-0.39, 0.29) is 10.5 Å². The quantitative estimate of drug-likeness (QED) is 0.768. The minimum Gasteiger partial charge on any atom is -0.293 e. The lowest BCUT2D eigenvalue weighted by Crippen LogP contribution is -2.28. The highest BCUT2D eigenvalue weighted by atomic mass is 32.2. The van der Waals surface area contributed by atoms with Crippen molar-refractivity contribution in [3.63, 3.8) is 0 Å². The van der Waals surface area contributed by atoms with Crippen LogP contribution in [0.2, 0.25) is 0 Å². The Morgan fingerprint density at radius 3 is 3.00 bits per heavy atom. The summed E-state index contributed by atoms with van der Waals surface area (Å²) in [7, 11) is 0. The molecule has 2 nitrogen and oxygen atoms in total. The van der Waals surface area contributed by atoms with E-state index in [2.05, 4.69) is 11.9 Å². The first-order valence-electron chi connectivity index (χ1n) is 6.23. The van der Waals surface area contributed by atoms with Gasteiger partial charge < -0.3 is 0 Å². The van der Waals surface area contributed by atoms with Crippen molar-refractivity contribution in [3.8, 4) is 0 Å². The predicted molar refractivity (Wildman–Crippen MR) is 76.2 cm³/mol. The Bertz CT molecular complexity index is 602. The van der Waals surface area contributed by atoms with Crippen LogP contribution in [0.25, 0.3) is 10.9 Å². The number of Topliss-reactive ketones (excluding diaryl/α,β-unsaturated/α-hetero) is 1. The van der Waals surface area contributed by atoms with E-state index in [0.29, 0.717) is 0 Å².